The van der Waals surface area contributed by atoms with Gasteiger partial charge in [0.05, 0.1) is 6.85 Å². The molecular formula is C45H27N3O. The van der Waals surface area contributed by atoms with E-state index in [0.29, 0.717) is 28.1 Å². The Kier molecular flexibility index (Phi) is 5.10. The van der Waals surface area contributed by atoms with E-state index in [-0.39, 0.29) is 29.3 Å². The summed E-state index contributed by atoms with van der Waals surface area (Å²) in [6.07, 6.45) is 0. The van der Waals surface area contributed by atoms with E-state index >= 15 is 0 Å². The molecule has 0 saturated heterocycles. The van der Waals surface area contributed by atoms with Crippen molar-refractivity contribution < 1.29 is 11.3 Å². The van der Waals surface area contributed by atoms with Gasteiger partial charge in [-0.25, -0.2) is 15.0 Å². The Bertz CT molecular complexity index is 3160. The van der Waals surface area contributed by atoms with Gasteiger partial charge < -0.3 is 4.42 Å². The molecule has 4 nitrogen and oxygen atoms in total. The highest BCUT2D eigenvalue weighted by Gasteiger charge is 2.19. The number of hydrogen-bond donors (Lipinski definition) is 0. The van der Waals surface area contributed by atoms with Crippen LogP contribution in [0.2, 0.25) is 0 Å². The molecule has 0 aliphatic heterocycles. The first-order chi connectivity index (χ1) is 26.4. The first-order valence-electron chi connectivity index (χ1n) is 18.5. The molecule has 8 aromatic carbocycles. The maximum Gasteiger partial charge on any atom is 0.164 e. The predicted octanol–water partition coefficient (Wildman–Crippen LogP) is 11.9. The van der Waals surface area contributed by atoms with Crippen LogP contribution in [0.1, 0.15) is 6.85 Å². The Morgan fingerprint density at radius 1 is 0.388 bits per heavy atom. The average molecular weight is 631 g/mol. The highest BCUT2D eigenvalue weighted by Crippen LogP contribution is 2.40. The zero-order valence-electron chi connectivity index (χ0n) is 31.0. The second-order valence-corrected chi connectivity index (χ2v) is 12.0. The van der Waals surface area contributed by atoms with Crippen LogP contribution in [-0.4, -0.2) is 15.0 Å². The summed E-state index contributed by atoms with van der Waals surface area (Å²) in [6.45, 7) is 0. The smallest absolute Gasteiger partial charge is 0.164 e. The molecule has 10 rings (SSSR count). The van der Waals surface area contributed by atoms with Crippen LogP contribution in [0.3, 0.4) is 0 Å². The number of furan rings is 1. The second kappa shape index (κ2) is 11.0. The lowest BCUT2D eigenvalue weighted by Crippen LogP contribution is -2.01. The molecule has 49 heavy (non-hydrogen) atoms. The number of benzene rings is 8. The van der Waals surface area contributed by atoms with E-state index in [1.807, 2.05) is 66.7 Å². The van der Waals surface area contributed by atoms with Gasteiger partial charge in [0.2, 0.25) is 0 Å². The van der Waals surface area contributed by atoms with E-state index in [4.69, 9.17) is 26.2 Å². The Morgan fingerprint density at radius 2 is 0.939 bits per heavy atom. The minimum atomic E-state index is -0.485. The van der Waals surface area contributed by atoms with Gasteiger partial charge in [0.1, 0.15) is 11.2 Å². The molecule has 0 saturated carbocycles. The minimum absolute atomic E-state index is 0.0223. The van der Waals surface area contributed by atoms with Gasteiger partial charge in [0.15, 0.2) is 17.5 Å². The number of para-hydroxylation sites is 1. The SMILES string of the molecule is [2H]c1c([2H])c([2H])c(-c2nc(-c3cccc4c(-c5cccc6c5ccc5ccccc56)cccc34)nc(-c3cccc4oc5ccccc5c34)n2)c([2H])c1[2H]. The summed E-state index contributed by atoms with van der Waals surface area (Å²) >= 11 is 0. The fourth-order valence-electron chi connectivity index (χ4n) is 7.07. The van der Waals surface area contributed by atoms with Crippen LogP contribution in [0.25, 0.3) is 99.5 Å². The fourth-order valence-corrected chi connectivity index (χ4v) is 7.07. The Hall–Kier alpha value is -6.65. The summed E-state index contributed by atoms with van der Waals surface area (Å²) < 4.78 is 48.9. The third-order valence-electron chi connectivity index (χ3n) is 9.24. The molecule has 0 spiro atoms. The number of rotatable bonds is 4. The molecule has 0 N–H and O–H groups in total. The first-order valence-corrected chi connectivity index (χ1v) is 16.0. The zero-order valence-corrected chi connectivity index (χ0v) is 26.0. The van der Waals surface area contributed by atoms with E-state index in [9.17, 15) is 0 Å². The highest BCUT2D eigenvalue weighted by atomic mass is 16.3. The third-order valence-corrected chi connectivity index (χ3v) is 9.24. The molecule has 0 unspecified atom stereocenters. The molecule has 2 heterocycles. The van der Waals surface area contributed by atoms with E-state index < -0.39 is 18.1 Å². The lowest BCUT2D eigenvalue weighted by Gasteiger charge is -2.14. The normalized spacial score (nSPS) is 13.1. The summed E-state index contributed by atoms with van der Waals surface area (Å²) in [5, 5.41) is 8.26. The minimum Gasteiger partial charge on any atom is -0.456 e. The van der Waals surface area contributed by atoms with E-state index in [0.717, 1.165) is 38.1 Å². The number of fused-ring (bicyclic) bond motifs is 7. The molecule has 0 aliphatic carbocycles. The van der Waals surface area contributed by atoms with E-state index in [1.54, 1.807) is 0 Å². The van der Waals surface area contributed by atoms with Crippen molar-refractivity contribution in [3.63, 3.8) is 0 Å². The molecule has 0 amide bonds. The van der Waals surface area contributed by atoms with Crippen molar-refractivity contribution in [3.05, 3.63) is 164 Å². The standard InChI is InChI=1S/C45H27N3O/c1-2-13-29(14-3-1)43-46-44(48-45(47-43)39-23-11-25-41-42(39)38-16-6-7-24-40(38)49-41)37-22-10-20-33-32(18-9-21-35(33)37)34-19-8-17-31-30-15-5-4-12-28(30)26-27-36(31)34/h1-27H/i1D,2D,3D,13D,14D. The van der Waals surface area contributed by atoms with Crippen molar-refractivity contribution in [1.29, 1.82) is 0 Å². The monoisotopic (exact) mass is 630 g/mol. The van der Waals surface area contributed by atoms with Crippen molar-refractivity contribution >= 4 is 54.3 Å². The van der Waals surface area contributed by atoms with Gasteiger partial charge in [-0.3, -0.25) is 0 Å². The van der Waals surface area contributed by atoms with Crippen LogP contribution in [0.5, 0.6) is 0 Å². The highest BCUT2D eigenvalue weighted by molar-refractivity contribution is 6.15. The third kappa shape index (κ3) is 4.42. The van der Waals surface area contributed by atoms with Gasteiger partial charge in [-0.2, -0.15) is 0 Å². The number of hydrogen-bond acceptors (Lipinski definition) is 4. The molecule has 0 radical (unpaired) electrons. The molecule has 4 heteroatoms. The average Bonchev–Trinajstić information content (AvgIpc) is 3.60. The predicted molar refractivity (Wildman–Crippen MR) is 201 cm³/mol. The van der Waals surface area contributed by atoms with Gasteiger partial charge in [0.25, 0.3) is 0 Å². The van der Waals surface area contributed by atoms with Gasteiger partial charge >= 0.3 is 0 Å². The Morgan fingerprint density at radius 3 is 1.76 bits per heavy atom. The largest absolute Gasteiger partial charge is 0.456 e. The van der Waals surface area contributed by atoms with Crippen LogP contribution >= 0.6 is 0 Å². The van der Waals surface area contributed by atoms with Gasteiger partial charge in [0, 0.05) is 27.5 Å². The summed E-state index contributed by atoms with van der Waals surface area (Å²) in [4.78, 5) is 14.8. The molecule has 0 atom stereocenters. The first kappa shape index (κ1) is 22.8. The van der Waals surface area contributed by atoms with Crippen LogP contribution < -0.4 is 0 Å². The second-order valence-electron chi connectivity index (χ2n) is 12.0. The van der Waals surface area contributed by atoms with Crippen LogP contribution in [0.4, 0.5) is 0 Å². The molecule has 0 fully saturated rings. The molecule has 2 aromatic heterocycles. The van der Waals surface area contributed by atoms with Crippen molar-refractivity contribution in [1.82, 2.24) is 15.0 Å². The zero-order chi connectivity index (χ0) is 36.7. The van der Waals surface area contributed by atoms with Gasteiger partial charge in [-0.05, 0) is 55.6 Å². The van der Waals surface area contributed by atoms with E-state index in [1.165, 1.54) is 16.2 Å². The maximum absolute atomic E-state index is 8.82. The van der Waals surface area contributed by atoms with Crippen molar-refractivity contribution in [2.75, 3.05) is 0 Å². The summed E-state index contributed by atoms with van der Waals surface area (Å²) in [5.41, 5.74) is 4.78. The maximum atomic E-state index is 8.82. The Labute approximate surface area is 289 Å². The van der Waals surface area contributed by atoms with Gasteiger partial charge in [-0.15, -0.1) is 0 Å². The van der Waals surface area contributed by atoms with Crippen molar-refractivity contribution in [2.45, 2.75) is 0 Å². The summed E-state index contributed by atoms with van der Waals surface area (Å²) in [7, 11) is 0. The van der Waals surface area contributed by atoms with Crippen molar-refractivity contribution in [2.24, 2.45) is 0 Å². The molecule has 0 bridgehead atoms. The molecular weight excluding hydrogens is 599 g/mol. The topological polar surface area (TPSA) is 51.8 Å². The van der Waals surface area contributed by atoms with Gasteiger partial charge in [-0.1, -0.05) is 152 Å². The lowest BCUT2D eigenvalue weighted by atomic mass is 9.91. The van der Waals surface area contributed by atoms with Crippen LogP contribution in [0.15, 0.2) is 168 Å². The van der Waals surface area contributed by atoms with Crippen molar-refractivity contribution in [3.8, 4) is 45.3 Å². The summed E-state index contributed by atoms with van der Waals surface area (Å²) in [5.74, 6) is 0.567. The van der Waals surface area contributed by atoms with E-state index in [2.05, 4.69) is 66.7 Å². The molecule has 0 aliphatic rings. The van der Waals surface area contributed by atoms with Crippen LogP contribution in [-0.2, 0) is 0 Å². The number of aromatic nitrogens is 3. The van der Waals surface area contributed by atoms with Crippen LogP contribution in [0, 0.1) is 0 Å². The Balaban J connectivity index is 1.25. The fraction of sp³-hybridized carbons (Fsp3) is 0. The number of nitrogens with zero attached hydrogens (tertiary/aromatic N) is 3. The molecule has 10 aromatic rings. The lowest BCUT2D eigenvalue weighted by molar-refractivity contribution is 0.669. The summed E-state index contributed by atoms with van der Waals surface area (Å²) in [6, 6.07) is 42.5. The molecule has 228 valence electrons. The quantitative estimate of drug-likeness (QED) is 0.182.